The Bertz CT molecular complexity index is 629. The van der Waals surface area contributed by atoms with Gasteiger partial charge in [-0.2, -0.15) is 0 Å². The molecule has 3 N–H and O–H groups in total. The van der Waals surface area contributed by atoms with Gasteiger partial charge in [0, 0.05) is 5.92 Å². The standard InChI is InChI=1S/C23H37F2NO3/c1-21(8-3-9-23(29,14-21)20(24)25)10-7-16-15(12-26)6-11-22(2)17(16)4-5-18(22)19(28)13-27/h12,15-18,20,26-27,29H,3-11,13-14H2,1-2H3/t15-,16-,17+,18-,21-,22+,23+/m1/s1. The van der Waals surface area contributed by atoms with Crippen LogP contribution >= 0.6 is 0 Å². The molecule has 7 atom stereocenters. The topological polar surface area (TPSA) is 81.4 Å². The fraction of sp³-hybridized carbons (Fsp3) is 0.913. The van der Waals surface area contributed by atoms with Gasteiger partial charge < -0.3 is 15.6 Å². The van der Waals surface area contributed by atoms with Crippen LogP contribution in [-0.4, -0.2) is 40.8 Å². The Balaban J connectivity index is 1.74. The summed E-state index contributed by atoms with van der Waals surface area (Å²) in [4.78, 5) is 12.3. The Morgan fingerprint density at radius 1 is 1.21 bits per heavy atom. The number of fused-ring (bicyclic) bond motifs is 1. The maximum atomic E-state index is 13.4. The molecule has 0 saturated heterocycles. The number of alkyl halides is 2. The van der Waals surface area contributed by atoms with E-state index in [4.69, 9.17) is 5.41 Å². The van der Waals surface area contributed by atoms with Gasteiger partial charge in [0.25, 0.3) is 6.43 Å². The highest BCUT2D eigenvalue weighted by molar-refractivity contribution is 5.83. The molecule has 0 aromatic heterocycles. The third kappa shape index (κ3) is 4.16. The molecule has 3 saturated carbocycles. The molecule has 3 aliphatic carbocycles. The molecular weight excluding hydrogens is 376 g/mol. The molecule has 0 unspecified atom stereocenters. The lowest BCUT2D eigenvalue weighted by Crippen LogP contribution is -2.47. The Morgan fingerprint density at radius 2 is 1.93 bits per heavy atom. The third-order valence-electron chi connectivity index (χ3n) is 8.86. The summed E-state index contributed by atoms with van der Waals surface area (Å²) in [5.74, 6) is 0.576. The molecule has 0 aromatic rings. The highest BCUT2D eigenvalue weighted by Crippen LogP contribution is 2.60. The molecule has 3 aliphatic rings. The Morgan fingerprint density at radius 3 is 2.55 bits per heavy atom. The number of hydrogen-bond acceptors (Lipinski definition) is 4. The summed E-state index contributed by atoms with van der Waals surface area (Å²) in [5, 5.41) is 27.7. The molecule has 0 aromatic carbocycles. The van der Waals surface area contributed by atoms with Gasteiger partial charge in [-0.15, -0.1) is 0 Å². The van der Waals surface area contributed by atoms with Crippen molar-refractivity contribution in [1.82, 2.24) is 0 Å². The molecule has 4 nitrogen and oxygen atoms in total. The molecule has 0 radical (unpaired) electrons. The van der Waals surface area contributed by atoms with Crippen LogP contribution in [0.25, 0.3) is 0 Å². The van der Waals surface area contributed by atoms with Crippen molar-refractivity contribution in [3.8, 4) is 0 Å². The van der Waals surface area contributed by atoms with Crippen molar-refractivity contribution in [1.29, 1.82) is 5.41 Å². The average Bonchev–Trinajstić information content (AvgIpc) is 3.02. The Kier molecular flexibility index (Phi) is 6.55. The van der Waals surface area contributed by atoms with Crippen LogP contribution < -0.4 is 0 Å². The van der Waals surface area contributed by atoms with Crippen molar-refractivity contribution in [3.05, 3.63) is 0 Å². The third-order valence-corrected chi connectivity index (χ3v) is 8.86. The predicted octanol–water partition coefficient (Wildman–Crippen LogP) is 4.61. The van der Waals surface area contributed by atoms with Gasteiger partial charge in [-0.3, -0.25) is 4.79 Å². The normalized spacial score (nSPS) is 45.2. The molecule has 0 aliphatic heterocycles. The number of nitrogens with one attached hydrogen (secondary N) is 1. The number of halogens is 2. The summed E-state index contributed by atoms with van der Waals surface area (Å²) in [6.07, 6.45) is 5.69. The van der Waals surface area contributed by atoms with E-state index in [-0.39, 0.29) is 47.2 Å². The van der Waals surface area contributed by atoms with Gasteiger partial charge in [-0.05, 0) is 99.0 Å². The molecule has 0 amide bonds. The van der Waals surface area contributed by atoms with Crippen molar-refractivity contribution >= 4 is 12.0 Å². The molecule has 0 spiro atoms. The van der Waals surface area contributed by atoms with E-state index in [1.807, 2.05) is 6.92 Å². The van der Waals surface area contributed by atoms with E-state index < -0.39 is 18.6 Å². The monoisotopic (exact) mass is 413 g/mol. The maximum Gasteiger partial charge on any atom is 0.266 e. The molecule has 166 valence electrons. The van der Waals surface area contributed by atoms with E-state index in [1.54, 1.807) is 6.21 Å². The number of carbonyl (C=O) groups is 1. The van der Waals surface area contributed by atoms with Gasteiger partial charge in [0.15, 0.2) is 5.78 Å². The zero-order valence-corrected chi connectivity index (χ0v) is 17.8. The second kappa shape index (κ2) is 8.33. The van der Waals surface area contributed by atoms with Crippen molar-refractivity contribution in [3.63, 3.8) is 0 Å². The summed E-state index contributed by atoms with van der Waals surface area (Å²) < 4.78 is 26.8. The Hall–Kier alpha value is -0.880. The van der Waals surface area contributed by atoms with Gasteiger partial charge in [-0.25, -0.2) is 8.78 Å². The first-order chi connectivity index (χ1) is 13.6. The lowest BCUT2D eigenvalue weighted by atomic mass is 9.55. The van der Waals surface area contributed by atoms with Crippen LogP contribution in [0.15, 0.2) is 0 Å². The van der Waals surface area contributed by atoms with Crippen LogP contribution in [0.1, 0.15) is 78.1 Å². The van der Waals surface area contributed by atoms with Gasteiger partial charge in [0.2, 0.25) is 0 Å². The quantitative estimate of drug-likeness (QED) is 0.533. The van der Waals surface area contributed by atoms with Crippen LogP contribution in [-0.2, 0) is 4.79 Å². The van der Waals surface area contributed by atoms with Crippen LogP contribution in [0.5, 0.6) is 0 Å². The second-order valence-corrected chi connectivity index (χ2v) is 10.7. The van der Waals surface area contributed by atoms with Crippen molar-refractivity contribution in [2.75, 3.05) is 6.61 Å². The van der Waals surface area contributed by atoms with Crippen molar-refractivity contribution in [2.24, 2.45) is 34.5 Å². The predicted molar refractivity (Wildman–Crippen MR) is 108 cm³/mol. The zero-order valence-electron chi connectivity index (χ0n) is 17.8. The van der Waals surface area contributed by atoms with E-state index in [9.17, 15) is 23.8 Å². The maximum absolute atomic E-state index is 13.4. The minimum absolute atomic E-state index is 0.0664. The molecule has 3 fully saturated rings. The van der Waals surface area contributed by atoms with Crippen LogP contribution in [0.2, 0.25) is 0 Å². The van der Waals surface area contributed by atoms with Crippen molar-refractivity contribution in [2.45, 2.75) is 90.1 Å². The average molecular weight is 414 g/mol. The number of aliphatic hydroxyl groups excluding tert-OH is 1. The summed E-state index contributed by atoms with van der Waals surface area (Å²) in [6.45, 7) is 3.79. The molecule has 0 heterocycles. The summed E-state index contributed by atoms with van der Waals surface area (Å²) in [5.41, 5.74) is -2.33. The van der Waals surface area contributed by atoms with Crippen LogP contribution in [0.3, 0.4) is 0 Å². The number of carbonyl (C=O) groups excluding carboxylic acids is 1. The molecule has 0 bridgehead atoms. The van der Waals surface area contributed by atoms with E-state index in [1.165, 1.54) is 0 Å². The minimum atomic E-state index is -2.71. The van der Waals surface area contributed by atoms with Gasteiger partial charge >= 0.3 is 0 Å². The number of ketones is 1. The fourth-order valence-electron chi connectivity index (χ4n) is 7.23. The molecule has 29 heavy (non-hydrogen) atoms. The lowest BCUT2D eigenvalue weighted by molar-refractivity contribution is -0.144. The lowest BCUT2D eigenvalue weighted by Gasteiger charge is -2.49. The number of rotatable bonds is 7. The first kappa shape index (κ1) is 22.8. The van der Waals surface area contributed by atoms with E-state index in [0.29, 0.717) is 12.3 Å². The number of Topliss-reactive ketones (excluding diaryl/α,β-unsaturated/α-hetero) is 1. The molecule has 3 rings (SSSR count). The molecule has 6 heteroatoms. The summed E-state index contributed by atoms with van der Waals surface area (Å²) in [7, 11) is 0. The number of aliphatic hydroxyl groups is 2. The fourth-order valence-corrected chi connectivity index (χ4v) is 7.23. The highest BCUT2D eigenvalue weighted by Gasteiger charge is 2.55. The highest BCUT2D eigenvalue weighted by atomic mass is 19.3. The Labute approximate surface area is 173 Å². The first-order valence-electron chi connectivity index (χ1n) is 11.2. The van der Waals surface area contributed by atoms with Gasteiger partial charge in [-0.1, -0.05) is 13.8 Å². The zero-order chi connectivity index (χ0) is 21.4. The second-order valence-electron chi connectivity index (χ2n) is 10.7. The minimum Gasteiger partial charge on any atom is -0.389 e. The van der Waals surface area contributed by atoms with Gasteiger partial charge in [0.1, 0.15) is 12.2 Å². The van der Waals surface area contributed by atoms with E-state index in [2.05, 4.69) is 6.92 Å². The molecular formula is C23H37F2NO3. The van der Waals surface area contributed by atoms with Gasteiger partial charge in [0.05, 0.1) is 0 Å². The summed E-state index contributed by atoms with van der Waals surface area (Å²) in [6, 6.07) is 0. The van der Waals surface area contributed by atoms with E-state index in [0.717, 1.165) is 44.9 Å². The van der Waals surface area contributed by atoms with Crippen molar-refractivity contribution < 1.29 is 23.8 Å². The van der Waals surface area contributed by atoms with Crippen LogP contribution in [0.4, 0.5) is 8.78 Å². The largest absolute Gasteiger partial charge is 0.389 e. The number of hydrogen-bond donors (Lipinski definition) is 3. The smallest absolute Gasteiger partial charge is 0.266 e. The van der Waals surface area contributed by atoms with E-state index >= 15 is 0 Å². The summed E-state index contributed by atoms with van der Waals surface area (Å²) >= 11 is 0. The first-order valence-corrected chi connectivity index (χ1v) is 11.2. The van der Waals surface area contributed by atoms with Crippen LogP contribution in [0, 0.1) is 39.9 Å². The SMILES string of the molecule is C[C@]1(CC[C@@H]2[C@@H](C=N)CC[C@]3(C)[C@@H](C(=O)CO)CC[C@@H]23)CCC[C@@](O)(C(F)F)C1.